The molecular weight excluding hydrogens is 387 g/mol. The normalized spacial score (nSPS) is 12.9. The molecule has 2 aromatic carbocycles. The number of rotatable bonds is 8. The van der Waals surface area contributed by atoms with Crippen LogP contribution in [0.25, 0.3) is 0 Å². The van der Waals surface area contributed by atoms with Crippen molar-refractivity contribution in [1.29, 1.82) is 0 Å². The van der Waals surface area contributed by atoms with E-state index >= 15 is 0 Å². The molecule has 0 aliphatic carbocycles. The maximum atomic E-state index is 12.8. The second-order valence-electron chi connectivity index (χ2n) is 5.82. The number of hydrogen-bond donors (Lipinski definition) is 0. The summed E-state index contributed by atoms with van der Waals surface area (Å²) >= 11 is 0. The molecule has 2 aromatic rings. The zero-order valence-electron chi connectivity index (χ0n) is 14.7. The van der Waals surface area contributed by atoms with Crippen molar-refractivity contribution >= 4 is 5.97 Å². The van der Waals surface area contributed by atoms with E-state index in [9.17, 15) is 26.7 Å². The summed E-state index contributed by atoms with van der Waals surface area (Å²) in [7, 11) is 0. The van der Waals surface area contributed by atoms with E-state index in [-0.39, 0.29) is 5.75 Å². The molecule has 1 atom stereocenters. The first-order chi connectivity index (χ1) is 13.1. The summed E-state index contributed by atoms with van der Waals surface area (Å²) < 4.78 is 76.5. The average Bonchev–Trinajstić information content (AvgIpc) is 2.65. The third-order valence-electron chi connectivity index (χ3n) is 3.53. The van der Waals surface area contributed by atoms with E-state index in [4.69, 9.17) is 9.47 Å². The Kier molecular flexibility index (Phi) is 6.82. The van der Waals surface area contributed by atoms with Gasteiger partial charge in [0.05, 0.1) is 0 Å². The molecule has 0 saturated carbocycles. The number of ether oxygens (including phenoxy) is 3. The Morgan fingerprint density at radius 1 is 0.929 bits per heavy atom. The second-order valence-corrected chi connectivity index (χ2v) is 5.82. The van der Waals surface area contributed by atoms with Gasteiger partial charge in [-0.2, -0.15) is 22.0 Å². The van der Waals surface area contributed by atoms with Crippen LogP contribution in [0.4, 0.5) is 22.0 Å². The van der Waals surface area contributed by atoms with Crippen molar-refractivity contribution < 1.29 is 41.0 Å². The molecule has 0 spiro atoms. The van der Waals surface area contributed by atoms with Crippen LogP contribution in [0, 0.1) is 0 Å². The molecule has 28 heavy (non-hydrogen) atoms. The van der Waals surface area contributed by atoms with Gasteiger partial charge in [-0.25, -0.2) is 4.79 Å². The maximum absolute atomic E-state index is 12.8. The zero-order valence-corrected chi connectivity index (χ0v) is 14.7. The molecule has 0 unspecified atom stereocenters. The topological polar surface area (TPSA) is 44.8 Å². The Labute approximate surface area is 157 Å². The average molecular weight is 404 g/mol. The van der Waals surface area contributed by atoms with Crippen molar-refractivity contribution in [3.05, 3.63) is 60.2 Å². The van der Waals surface area contributed by atoms with Gasteiger partial charge in [0.25, 0.3) is 0 Å². The zero-order chi connectivity index (χ0) is 20.8. The lowest BCUT2D eigenvalue weighted by atomic mass is 10.2. The van der Waals surface area contributed by atoms with Gasteiger partial charge in [0, 0.05) is 0 Å². The number of halogens is 5. The summed E-state index contributed by atoms with van der Waals surface area (Å²) in [4.78, 5) is 11.6. The maximum Gasteiger partial charge on any atom is 0.456 e. The molecule has 0 fully saturated rings. The molecular formula is C19H17F5O4. The summed E-state index contributed by atoms with van der Waals surface area (Å²) in [5.74, 6) is -5.75. The number of hydrogen-bond acceptors (Lipinski definition) is 4. The van der Waals surface area contributed by atoms with Gasteiger partial charge in [0.2, 0.25) is 0 Å². The second kappa shape index (κ2) is 8.90. The first-order valence-electron chi connectivity index (χ1n) is 8.13. The van der Waals surface area contributed by atoms with Gasteiger partial charge in [-0.3, -0.25) is 0 Å². The first-order valence-corrected chi connectivity index (χ1v) is 8.13. The first kappa shape index (κ1) is 21.5. The van der Waals surface area contributed by atoms with E-state index in [2.05, 4.69) is 4.74 Å². The lowest BCUT2D eigenvalue weighted by molar-refractivity contribution is -0.294. The van der Waals surface area contributed by atoms with Crippen molar-refractivity contribution in [3.8, 4) is 11.5 Å². The Hall–Kier alpha value is -2.84. The molecule has 0 amide bonds. The van der Waals surface area contributed by atoms with Crippen molar-refractivity contribution in [2.24, 2.45) is 0 Å². The minimum absolute atomic E-state index is 0.194. The predicted molar refractivity (Wildman–Crippen MR) is 89.3 cm³/mol. The lowest BCUT2D eigenvalue weighted by Gasteiger charge is -2.20. The van der Waals surface area contributed by atoms with E-state index in [1.54, 1.807) is 12.1 Å². The summed E-state index contributed by atoms with van der Waals surface area (Å²) in [6.45, 7) is -0.583. The highest BCUT2D eigenvalue weighted by Crippen LogP contribution is 2.35. The Morgan fingerprint density at radius 3 is 2.07 bits per heavy atom. The van der Waals surface area contributed by atoms with Crippen molar-refractivity contribution in [1.82, 2.24) is 0 Å². The highest BCUT2D eigenvalue weighted by molar-refractivity contribution is 5.74. The molecule has 0 heterocycles. The van der Waals surface area contributed by atoms with E-state index in [1.807, 2.05) is 30.3 Å². The fourth-order valence-corrected chi connectivity index (χ4v) is 1.97. The lowest BCUT2D eigenvalue weighted by Crippen LogP contribution is -2.42. The van der Waals surface area contributed by atoms with Crippen LogP contribution >= 0.6 is 0 Å². The van der Waals surface area contributed by atoms with E-state index in [0.29, 0.717) is 12.4 Å². The van der Waals surface area contributed by atoms with Gasteiger partial charge in [-0.15, -0.1) is 0 Å². The van der Waals surface area contributed by atoms with Gasteiger partial charge in [0.1, 0.15) is 18.1 Å². The van der Waals surface area contributed by atoms with Crippen LogP contribution in [-0.4, -0.2) is 30.8 Å². The van der Waals surface area contributed by atoms with Crippen LogP contribution in [0.5, 0.6) is 11.5 Å². The standard InChI is InChI=1S/C19H17F5O4/c1-13(17(25)27-12-18(20,21)19(22,23)24)28-16-9-7-15(8-10-16)26-11-14-5-3-2-4-6-14/h2-10,13H,11-12H2,1H3/t13-/m1/s1. The van der Waals surface area contributed by atoms with Crippen LogP contribution in [0.15, 0.2) is 54.6 Å². The van der Waals surface area contributed by atoms with E-state index in [1.165, 1.54) is 19.1 Å². The minimum atomic E-state index is -5.80. The number of alkyl halides is 5. The molecule has 0 saturated heterocycles. The van der Waals surface area contributed by atoms with Crippen LogP contribution in [0.2, 0.25) is 0 Å². The molecule has 0 N–H and O–H groups in total. The monoisotopic (exact) mass is 404 g/mol. The van der Waals surface area contributed by atoms with Gasteiger partial charge in [-0.05, 0) is 36.8 Å². The SMILES string of the molecule is C[C@@H](Oc1ccc(OCc2ccccc2)cc1)C(=O)OCC(F)(F)C(F)(F)F. The van der Waals surface area contributed by atoms with Crippen molar-refractivity contribution in [2.45, 2.75) is 31.7 Å². The fraction of sp³-hybridized carbons (Fsp3) is 0.316. The van der Waals surface area contributed by atoms with Crippen LogP contribution in [0.3, 0.4) is 0 Å². The molecule has 0 aliphatic rings. The number of carbonyl (C=O) groups excluding carboxylic acids is 1. The summed E-state index contributed by atoms with van der Waals surface area (Å²) in [5, 5.41) is 0. The molecule has 0 bridgehead atoms. The smallest absolute Gasteiger partial charge is 0.456 e. The highest BCUT2D eigenvalue weighted by atomic mass is 19.4. The van der Waals surface area contributed by atoms with Crippen LogP contribution < -0.4 is 9.47 Å². The van der Waals surface area contributed by atoms with Gasteiger partial charge < -0.3 is 14.2 Å². The molecule has 2 rings (SSSR count). The summed E-state index contributed by atoms with van der Waals surface area (Å²) in [5.41, 5.74) is 0.967. The van der Waals surface area contributed by atoms with Gasteiger partial charge in [0.15, 0.2) is 12.7 Å². The van der Waals surface area contributed by atoms with Crippen LogP contribution in [0.1, 0.15) is 12.5 Å². The molecule has 0 radical (unpaired) electrons. The summed E-state index contributed by atoms with van der Waals surface area (Å²) in [6.07, 6.45) is -7.17. The third-order valence-corrected chi connectivity index (χ3v) is 3.53. The molecule has 9 heteroatoms. The van der Waals surface area contributed by atoms with Crippen LogP contribution in [-0.2, 0) is 16.1 Å². The Morgan fingerprint density at radius 2 is 1.50 bits per heavy atom. The van der Waals surface area contributed by atoms with Gasteiger partial charge >= 0.3 is 18.1 Å². The molecule has 4 nitrogen and oxygen atoms in total. The highest BCUT2D eigenvalue weighted by Gasteiger charge is 2.58. The number of benzene rings is 2. The van der Waals surface area contributed by atoms with E-state index < -0.39 is 30.8 Å². The number of carbonyl (C=O) groups is 1. The Balaban J connectivity index is 1.83. The number of esters is 1. The van der Waals surface area contributed by atoms with E-state index in [0.717, 1.165) is 5.56 Å². The minimum Gasteiger partial charge on any atom is -0.489 e. The predicted octanol–water partition coefficient (Wildman–Crippen LogP) is 4.77. The van der Waals surface area contributed by atoms with Crippen molar-refractivity contribution in [3.63, 3.8) is 0 Å². The van der Waals surface area contributed by atoms with Gasteiger partial charge in [-0.1, -0.05) is 30.3 Å². The molecule has 0 aromatic heterocycles. The van der Waals surface area contributed by atoms with Crippen molar-refractivity contribution in [2.75, 3.05) is 6.61 Å². The fourth-order valence-electron chi connectivity index (χ4n) is 1.97. The molecule has 152 valence electrons. The largest absolute Gasteiger partial charge is 0.489 e. The summed E-state index contributed by atoms with van der Waals surface area (Å²) in [6, 6.07) is 15.5. The Bertz CT molecular complexity index is 760. The third kappa shape index (κ3) is 6.11. The molecule has 0 aliphatic heterocycles. The quantitative estimate of drug-likeness (QED) is 0.470.